The highest BCUT2D eigenvalue weighted by Crippen LogP contribution is 2.29. The first-order valence-corrected chi connectivity index (χ1v) is 9.12. The molecule has 0 saturated carbocycles. The number of halogens is 2. The van der Waals surface area contributed by atoms with Crippen molar-refractivity contribution in [2.75, 3.05) is 4.72 Å². The van der Waals surface area contributed by atoms with Crippen LogP contribution in [0, 0.1) is 12.7 Å². The normalized spacial score (nSPS) is 11.9. The second-order valence-corrected chi connectivity index (χ2v) is 7.83. The van der Waals surface area contributed by atoms with E-state index in [0.717, 1.165) is 6.07 Å². The number of sulfonamides is 1. The first-order chi connectivity index (χ1) is 11.6. The van der Waals surface area contributed by atoms with E-state index < -0.39 is 15.8 Å². The van der Waals surface area contributed by atoms with Gasteiger partial charge in [-0.25, -0.2) is 17.6 Å². The first kappa shape index (κ1) is 17.5. The van der Waals surface area contributed by atoms with Crippen molar-refractivity contribution in [3.8, 4) is 0 Å². The number of aromatic nitrogens is 2. The van der Waals surface area contributed by atoms with Crippen LogP contribution in [0.25, 0.3) is 11.0 Å². The van der Waals surface area contributed by atoms with Gasteiger partial charge in [-0.1, -0.05) is 17.7 Å². The summed E-state index contributed by atoms with van der Waals surface area (Å²) in [5.41, 5.74) is 1.28. The SMILES string of the molecule is Cc1ccc(S(=O)(=O)Nc2cc3c(cc2Cl)n(C)c(=O)n3C)cc1F. The molecule has 0 atom stereocenters. The highest BCUT2D eigenvalue weighted by atomic mass is 35.5. The van der Waals surface area contributed by atoms with Crippen LogP contribution in [-0.2, 0) is 24.1 Å². The molecule has 0 amide bonds. The highest BCUT2D eigenvalue weighted by molar-refractivity contribution is 7.92. The van der Waals surface area contributed by atoms with Crippen LogP contribution in [0.2, 0.25) is 5.02 Å². The van der Waals surface area contributed by atoms with Gasteiger partial charge in [0.15, 0.2) is 0 Å². The summed E-state index contributed by atoms with van der Waals surface area (Å²) in [6.45, 7) is 1.54. The smallest absolute Gasteiger partial charge is 0.295 e. The first-order valence-electron chi connectivity index (χ1n) is 7.26. The molecule has 0 bridgehead atoms. The summed E-state index contributed by atoms with van der Waals surface area (Å²) in [5.74, 6) is -0.616. The average molecular weight is 384 g/mol. The molecule has 132 valence electrons. The number of benzene rings is 2. The number of anilines is 1. The Kier molecular flexibility index (Phi) is 4.12. The number of nitrogens with one attached hydrogen (secondary N) is 1. The Morgan fingerprint density at radius 2 is 1.68 bits per heavy atom. The van der Waals surface area contributed by atoms with Crippen LogP contribution in [0.15, 0.2) is 40.0 Å². The molecule has 3 aromatic rings. The lowest BCUT2D eigenvalue weighted by atomic mass is 10.2. The molecule has 9 heteroatoms. The van der Waals surface area contributed by atoms with Gasteiger partial charge >= 0.3 is 5.69 Å². The molecule has 0 saturated heterocycles. The van der Waals surface area contributed by atoms with Gasteiger partial charge in [-0.05, 0) is 36.8 Å². The summed E-state index contributed by atoms with van der Waals surface area (Å²) in [5, 5.41) is 0.129. The lowest BCUT2D eigenvalue weighted by Crippen LogP contribution is -2.19. The Morgan fingerprint density at radius 1 is 1.08 bits per heavy atom. The molecule has 2 aromatic carbocycles. The molecule has 25 heavy (non-hydrogen) atoms. The van der Waals surface area contributed by atoms with E-state index in [2.05, 4.69) is 4.72 Å². The maximum Gasteiger partial charge on any atom is 0.328 e. The summed E-state index contributed by atoms with van der Waals surface area (Å²) < 4.78 is 43.8. The summed E-state index contributed by atoms with van der Waals surface area (Å²) in [6, 6.07) is 6.62. The van der Waals surface area contributed by atoms with Gasteiger partial charge in [0.05, 0.1) is 26.6 Å². The molecule has 0 fully saturated rings. The number of aryl methyl sites for hydroxylation is 3. The van der Waals surface area contributed by atoms with Crippen molar-refractivity contribution in [3.63, 3.8) is 0 Å². The van der Waals surface area contributed by atoms with E-state index in [1.807, 2.05) is 0 Å². The van der Waals surface area contributed by atoms with Crippen LogP contribution in [0.1, 0.15) is 5.56 Å². The predicted octanol–water partition coefficient (Wildman–Crippen LogP) is 2.78. The summed E-state index contributed by atoms with van der Waals surface area (Å²) >= 11 is 6.16. The third-order valence-corrected chi connectivity index (χ3v) is 5.73. The van der Waals surface area contributed by atoms with E-state index >= 15 is 0 Å². The number of fused-ring (bicyclic) bond motifs is 1. The number of rotatable bonds is 3. The molecule has 3 rings (SSSR count). The molecular formula is C16H15ClFN3O3S. The molecule has 0 aliphatic carbocycles. The number of imidazole rings is 1. The van der Waals surface area contributed by atoms with Gasteiger partial charge in [0.1, 0.15) is 5.82 Å². The second kappa shape index (κ2) is 5.89. The highest BCUT2D eigenvalue weighted by Gasteiger charge is 2.19. The fourth-order valence-corrected chi connectivity index (χ4v) is 3.89. The van der Waals surface area contributed by atoms with E-state index in [0.29, 0.717) is 16.6 Å². The van der Waals surface area contributed by atoms with Gasteiger partial charge in [0, 0.05) is 14.1 Å². The van der Waals surface area contributed by atoms with Gasteiger partial charge in [0.2, 0.25) is 0 Å². The van der Waals surface area contributed by atoms with E-state index in [4.69, 9.17) is 11.6 Å². The van der Waals surface area contributed by atoms with E-state index in [-0.39, 0.29) is 21.3 Å². The molecule has 6 nitrogen and oxygen atoms in total. The van der Waals surface area contributed by atoms with Crippen LogP contribution >= 0.6 is 11.6 Å². The minimum absolute atomic E-state index is 0.108. The maximum atomic E-state index is 13.7. The van der Waals surface area contributed by atoms with Crippen molar-refractivity contribution in [1.29, 1.82) is 0 Å². The lowest BCUT2D eigenvalue weighted by molar-refractivity contribution is 0.593. The Hall–Kier alpha value is -2.32. The lowest BCUT2D eigenvalue weighted by Gasteiger charge is -2.11. The van der Waals surface area contributed by atoms with Crippen molar-refractivity contribution in [2.45, 2.75) is 11.8 Å². The Labute approximate surface area is 148 Å². The van der Waals surface area contributed by atoms with E-state index in [1.165, 1.54) is 33.4 Å². The van der Waals surface area contributed by atoms with Gasteiger partial charge < -0.3 is 0 Å². The monoisotopic (exact) mass is 383 g/mol. The molecule has 0 aliphatic heterocycles. The fraction of sp³-hybridized carbons (Fsp3) is 0.188. The molecular weight excluding hydrogens is 369 g/mol. The molecule has 0 unspecified atom stereocenters. The van der Waals surface area contributed by atoms with Gasteiger partial charge in [-0.3, -0.25) is 13.9 Å². The minimum Gasteiger partial charge on any atom is -0.295 e. The zero-order chi connectivity index (χ0) is 18.5. The van der Waals surface area contributed by atoms with Gasteiger partial charge in [-0.15, -0.1) is 0 Å². The molecule has 0 spiro atoms. The van der Waals surface area contributed by atoms with E-state index in [9.17, 15) is 17.6 Å². The summed E-state index contributed by atoms with van der Waals surface area (Å²) in [4.78, 5) is 11.8. The average Bonchev–Trinajstić information content (AvgIpc) is 2.75. The Morgan fingerprint density at radius 3 is 2.28 bits per heavy atom. The second-order valence-electron chi connectivity index (χ2n) is 5.74. The standard InChI is InChI=1S/C16H15ClFN3O3S/c1-9-4-5-10(6-12(9)18)25(23,24)19-13-8-15-14(7-11(13)17)20(2)16(22)21(15)3/h4-8,19H,1-3H3. The zero-order valence-corrected chi connectivity index (χ0v) is 15.2. The zero-order valence-electron chi connectivity index (χ0n) is 13.7. The Bertz CT molecular complexity index is 1170. The van der Waals surface area contributed by atoms with Crippen molar-refractivity contribution in [3.05, 3.63) is 57.2 Å². The number of nitrogens with zero attached hydrogens (tertiary/aromatic N) is 2. The van der Waals surface area contributed by atoms with E-state index in [1.54, 1.807) is 21.0 Å². The molecule has 0 radical (unpaired) electrons. The van der Waals surface area contributed by atoms with Gasteiger partial charge in [0.25, 0.3) is 10.0 Å². The summed E-state index contributed by atoms with van der Waals surface area (Å²) in [7, 11) is -0.856. The van der Waals surface area contributed by atoms with Crippen LogP contribution in [-0.4, -0.2) is 17.6 Å². The van der Waals surface area contributed by atoms with Crippen LogP contribution < -0.4 is 10.4 Å². The van der Waals surface area contributed by atoms with Crippen molar-refractivity contribution >= 4 is 38.3 Å². The summed E-state index contributed by atoms with van der Waals surface area (Å²) in [6.07, 6.45) is 0. The van der Waals surface area contributed by atoms with Gasteiger partial charge in [-0.2, -0.15) is 0 Å². The molecule has 1 N–H and O–H groups in total. The quantitative estimate of drug-likeness (QED) is 0.755. The fourth-order valence-electron chi connectivity index (χ4n) is 2.54. The predicted molar refractivity (Wildman–Crippen MR) is 95.1 cm³/mol. The number of hydrogen-bond donors (Lipinski definition) is 1. The van der Waals surface area contributed by atoms with Crippen LogP contribution in [0.5, 0.6) is 0 Å². The van der Waals surface area contributed by atoms with Crippen molar-refractivity contribution < 1.29 is 12.8 Å². The maximum absolute atomic E-state index is 13.7. The third-order valence-electron chi connectivity index (χ3n) is 4.06. The Balaban J connectivity index is 2.10. The minimum atomic E-state index is -4.03. The molecule has 1 aromatic heterocycles. The largest absolute Gasteiger partial charge is 0.328 e. The van der Waals surface area contributed by atoms with Crippen molar-refractivity contribution in [1.82, 2.24) is 9.13 Å². The molecule has 0 aliphatic rings. The number of hydrogen-bond acceptors (Lipinski definition) is 3. The molecule has 1 heterocycles. The van der Waals surface area contributed by atoms with Crippen molar-refractivity contribution in [2.24, 2.45) is 14.1 Å². The van der Waals surface area contributed by atoms with Crippen LogP contribution in [0.4, 0.5) is 10.1 Å². The topological polar surface area (TPSA) is 73.1 Å². The third kappa shape index (κ3) is 2.91. The van der Waals surface area contributed by atoms with Crippen LogP contribution in [0.3, 0.4) is 0 Å².